The molecule has 10 heteroatoms. The molecule has 3 heterocycles. The molecular weight excluding hydrogens is 429 g/mol. The van der Waals surface area contributed by atoms with E-state index >= 15 is 0 Å². The van der Waals surface area contributed by atoms with Crippen LogP contribution >= 0.6 is 11.3 Å². The Labute approximate surface area is 180 Å². The van der Waals surface area contributed by atoms with E-state index in [0.29, 0.717) is 25.9 Å². The highest BCUT2D eigenvalue weighted by Gasteiger charge is 2.33. The molecule has 0 bridgehead atoms. The van der Waals surface area contributed by atoms with Crippen molar-refractivity contribution < 1.29 is 22.7 Å². The third-order valence-corrected chi connectivity index (χ3v) is 5.88. The molecule has 1 aromatic carbocycles. The predicted molar refractivity (Wildman–Crippen MR) is 112 cm³/mol. The summed E-state index contributed by atoms with van der Waals surface area (Å²) < 4.78 is 41.7. The van der Waals surface area contributed by atoms with Crippen LogP contribution in [-0.4, -0.2) is 35.6 Å². The number of benzene rings is 1. The molecule has 1 amide bonds. The second kappa shape index (κ2) is 8.93. The lowest BCUT2D eigenvalue weighted by Crippen LogP contribution is -2.38. The number of para-hydroxylation sites is 2. The molecule has 6 nitrogen and oxygen atoms in total. The summed E-state index contributed by atoms with van der Waals surface area (Å²) in [6.07, 6.45) is -3.71. The van der Waals surface area contributed by atoms with Crippen LogP contribution in [0.2, 0.25) is 0 Å². The SMILES string of the molecule is O=C(Nc1ccccc1OC(F)(F)F)C1CCN(c2ccc(-c3cccs3)nn2)CC1. The Hall–Kier alpha value is -3.14. The van der Waals surface area contributed by atoms with Gasteiger partial charge in [0.25, 0.3) is 0 Å². The third kappa shape index (κ3) is 5.32. The number of hydrogen-bond acceptors (Lipinski definition) is 6. The number of ether oxygens (including phenoxy) is 1. The van der Waals surface area contributed by atoms with Gasteiger partial charge in [-0.3, -0.25) is 4.79 Å². The van der Waals surface area contributed by atoms with E-state index in [4.69, 9.17) is 0 Å². The summed E-state index contributed by atoms with van der Waals surface area (Å²) in [6.45, 7) is 1.21. The van der Waals surface area contributed by atoms with Gasteiger partial charge in [-0.15, -0.1) is 34.7 Å². The quantitative estimate of drug-likeness (QED) is 0.598. The van der Waals surface area contributed by atoms with Crippen molar-refractivity contribution in [1.82, 2.24) is 10.2 Å². The maximum atomic E-state index is 12.6. The lowest BCUT2D eigenvalue weighted by molar-refractivity contribution is -0.274. The van der Waals surface area contributed by atoms with Crippen molar-refractivity contribution in [3.63, 3.8) is 0 Å². The van der Waals surface area contributed by atoms with E-state index in [0.717, 1.165) is 16.4 Å². The summed E-state index contributed by atoms with van der Waals surface area (Å²) in [5.74, 6) is -0.324. The Morgan fingerprint density at radius 2 is 1.84 bits per heavy atom. The molecule has 1 aliphatic heterocycles. The van der Waals surface area contributed by atoms with E-state index in [1.807, 2.05) is 29.6 Å². The number of thiophene rings is 1. The Balaban J connectivity index is 1.34. The number of hydrogen-bond donors (Lipinski definition) is 1. The van der Waals surface area contributed by atoms with Gasteiger partial charge in [0.15, 0.2) is 11.6 Å². The molecule has 0 atom stereocenters. The van der Waals surface area contributed by atoms with Crippen LogP contribution in [0.3, 0.4) is 0 Å². The number of amides is 1. The van der Waals surface area contributed by atoms with Crippen LogP contribution in [0, 0.1) is 5.92 Å². The van der Waals surface area contributed by atoms with Crippen molar-refractivity contribution in [1.29, 1.82) is 0 Å². The smallest absolute Gasteiger partial charge is 0.404 e. The van der Waals surface area contributed by atoms with Crippen LogP contribution in [0.25, 0.3) is 10.6 Å². The molecule has 0 spiro atoms. The molecule has 0 saturated carbocycles. The Bertz CT molecular complexity index is 1020. The fourth-order valence-corrected chi connectivity index (χ4v) is 4.13. The van der Waals surface area contributed by atoms with Gasteiger partial charge < -0.3 is 15.0 Å². The molecule has 4 rings (SSSR count). The Morgan fingerprint density at radius 3 is 2.48 bits per heavy atom. The second-order valence-electron chi connectivity index (χ2n) is 7.05. The number of nitrogens with zero attached hydrogens (tertiary/aromatic N) is 3. The van der Waals surface area contributed by atoms with Crippen LogP contribution in [0.5, 0.6) is 5.75 Å². The van der Waals surface area contributed by atoms with Gasteiger partial charge in [-0.05, 0) is 48.6 Å². The summed E-state index contributed by atoms with van der Waals surface area (Å²) in [7, 11) is 0. The average molecular weight is 448 g/mol. The largest absolute Gasteiger partial charge is 0.573 e. The predicted octanol–water partition coefficient (Wildman–Crippen LogP) is 4.96. The van der Waals surface area contributed by atoms with Crippen molar-refractivity contribution in [2.45, 2.75) is 19.2 Å². The highest BCUT2D eigenvalue weighted by molar-refractivity contribution is 7.13. The molecule has 0 aliphatic carbocycles. The summed E-state index contributed by atoms with van der Waals surface area (Å²) in [5, 5.41) is 13.1. The Kier molecular flexibility index (Phi) is 6.08. The van der Waals surface area contributed by atoms with Crippen molar-refractivity contribution in [2.24, 2.45) is 5.92 Å². The normalized spacial score (nSPS) is 15.0. The summed E-state index contributed by atoms with van der Waals surface area (Å²) in [4.78, 5) is 15.7. The molecule has 2 aromatic heterocycles. The van der Waals surface area contributed by atoms with Crippen LogP contribution in [-0.2, 0) is 4.79 Å². The third-order valence-electron chi connectivity index (χ3n) is 4.98. The summed E-state index contributed by atoms with van der Waals surface area (Å²) in [6, 6.07) is 13.3. The molecule has 162 valence electrons. The molecule has 1 N–H and O–H groups in total. The molecule has 31 heavy (non-hydrogen) atoms. The number of halogens is 3. The molecule has 1 fully saturated rings. The van der Waals surface area contributed by atoms with E-state index in [-0.39, 0.29) is 17.5 Å². The van der Waals surface area contributed by atoms with E-state index in [1.165, 1.54) is 18.2 Å². The fraction of sp³-hybridized carbons (Fsp3) is 0.286. The fourth-order valence-electron chi connectivity index (χ4n) is 3.44. The molecule has 0 radical (unpaired) electrons. The van der Waals surface area contributed by atoms with Crippen LogP contribution < -0.4 is 15.0 Å². The van der Waals surface area contributed by atoms with Gasteiger partial charge >= 0.3 is 6.36 Å². The standard InChI is InChI=1S/C21H19F3N4O2S/c22-21(23,24)30-17-5-2-1-4-15(17)25-20(29)14-9-11-28(12-10-14)19-8-7-16(26-27-19)18-6-3-13-31-18/h1-8,13-14H,9-12H2,(H,25,29). The molecule has 1 saturated heterocycles. The average Bonchev–Trinajstić information content (AvgIpc) is 3.29. The van der Waals surface area contributed by atoms with Gasteiger partial charge in [0, 0.05) is 19.0 Å². The number of anilines is 2. The second-order valence-corrected chi connectivity index (χ2v) is 8.00. The van der Waals surface area contributed by atoms with Crippen molar-refractivity contribution in [2.75, 3.05) is 23.3 Å². The lowest BCUT2D eigenvalue weighted by Gasteiger charge is -2.32. The molecule has 1 aliphatic rings. The summed E-state index contributed by atoms with van der Waals surface area (Å²) >= 11 is 1.59. The van der Waals surface area contributed by atoms with Gasteiger partial charge in [-0.2, -0.15) is 0 Å². The van der Waals surface area contributed by atoms with Crippen molar-refractivity contribution in [3.05, 3.63) is 53.9 Å². The molecule has 0 unspecified atom stereocenters. The van der Waals surface area contributed by atoms with Gasteiger partial charge in [-0.25, -0.2) is 0 Å². The van der Waals surface area contributed by atoms with Crippen molar-refractivity contribution in [3.8, 4) is 16.3 Å². The van der Waals surface area contributed by atoms with Gasteiger partial charge in [0.1, 0.15) is 5.69 Å². The molecule has 3 aromatic rings. The van der Waals surface area contributed by atoms with Gasteiger partial charge in [0.2, 0.25) is 5.91 Å². The topological polar surface area (TPSA) is 67.3 Å². The first-order valence-corrected chi connectivity index (χ1v) is 10.6. The number of alkyl halides is 3. The first kappa shape index (κ1) is 21.1. The van der Waals surface area contributed by atoms with E-state index in [9.17, 15) is 18.0 Å². The van der Waals surface area contributed by atoms with Gasteiger partial charge in [0.05, 0.1) is 10.6 Å². The van der Waals surface area contributed by atoms with E-state index in [1.54, 1.807) is 17.4 Å². The number of aromatic nitrogens is 2. The minimum Gasteiger partial charge on any atom is -0.404 e. The number of carbonyl (C=O) groups is 1. The van der Waals surface area contributed by atoms with Gasteiger partial charge in [-0.1, -0.05) is 18.2 Å². The maximum absolute atomic E-state index is 12.6. The van der Waals surface area contributed by atoms with E-state index < -0.39 is 12.1 Å². The molecular formula is C21H19F3N4O2S. The zero-order chi connectivity index (χ0) is 21.8. The monoisotopic (exact) mass is 448 g/mol. The number of rotatable bonds is 5. The number of nitrogens with one attached hydrogen (secondary N) is 1. The first-order valence-electron chi connectivity index (χ1n) is 9.67. The zero-order valence-electron chi connectivity index (χ0n) is 16.3. The highest BCUT2D eigenvalue weighted by Crippen LogP contribution is 2.31. The van der Waals surface area contributed by atoms with E-state index in [2.05, 4.69) is 25.2 Å². The minimum absolute atomic E-state index is 0.00212. The Morgan fingerprint density at radius 1 is 1.06 bits per heavy atom. The maximum Gasteiger partial charge on any atom is 0.573 e. The number of piperidine rings is 1. The van der Waals surface area contributed by atoms with Crippen molar-refractivity contribution >= 4 is 28.7 Å². The number of carbonyl (C=O) groups excluding carboxylic acids is 1. The highest BCUT2D eigenvalue weighted by atomic mass is 32.1. The first-order chi connectivity index (χ1) is 14.9. The minimum atomic E-state index is -4.83. The van der Waals surface area contributed by atoms with Crippen LogP contribution in [0.4, 0.5) is 24.7 Å². The van der Waals surface area contributed by atoms with Crippen LogP contribution in [0.1, 0.15) is 12.8 Å². The van der Waals surface area contributed by atoms with Crippen LogP contribution in [0.15, 0.2) is 53.9 Å². The summed E-state index contributed by atoms with van der Waals surface area (Å²) in [5.41, 5.74) is 0.815. The zero-order valence-corrected chi connectivity index (χ0v) is 17.1. The lowest BCUT2D eigenvalue weighted by atomic mass is 9.95.